The van der Waals surface area contributed by atoms with E-state index in [0.29, 0.717) is 11.7 Å². The fraction of sp³-hybridized carbons (Fsp3) is 0.167. The summed E-state index contributed by atoms with van der Waals surface area (Å²) in [6.45, 7) is 2.49. The number of carboxylic acid groups (broad SMARTS) is 1. The summed E-state index contributed by atoms with van der Waals surface area (Å²) >= 11 is 1.21. The summed E-state index contributed by atoms with van der Waals surface area (Å²) in [6.07, 6.45) is 0. The average molecular weight is 339 g/mol. The van der Waals surface area contributed by atoms with Crippen LogP contribution in [0.15, 0.2) is 65.8 Å². The lowest BCUT2D eigenvalue weighted by atomic mass is 10.1. The highest BCUT2D eigenvalue weighted by Gasteiger charge is 2.24. The fourth-order valence-electron chi connectivity index (χ4n) is 2.39. The molecule has 1 atom stereocenters. The zero-order chi connectivity index (χ0) is 16.9. The number of rotatable bonds is 6. The second kappa shape index (κ2) is 7.31. The Hall–Kier alpha value is -2.60. The zero-order valence-electron chi connectivity index (χ0n) is 13.2. The van der Waals surface area contributed by atoms with Crippen molar-refractivity contribution in [2.75, 3.05) is 0 Å². The van der Waals surface area contributed by atoms with Crippen molar-refractivity contribution < 1.29 is 9.90 Å². The maximum absolute atomic E-state index is 11.7. The number of carboxylic acids is 1. The van der Waals surface area contributed by atoms with E-state index in [1.807, 2.05) is 72.2 Å². The molecule has 122 valence electrons. The Balaban J connectivity index is 1.88. The zero-order valence-corrected chi connectivity index (χ0v) is 14.0. The number of aromatic nitrogens is 3. The van der Waals surface area contributed by atoms with E-state index in [-0.39, 0.29) is 0 Å². The largest absolute Gasteiger partial charge is 0.480 e. The first-order valence-corrected chi connectivity index (χ1v) is 8.41. The predicted molar refractivity (Wildman–Crippen MR) is 93.0 cm³/mol. The normalized spacial score (nSPS) is 12.0. The van der Waals surface area contributed by atoms with Gasteiger partial charge in [-0.1, -0.05) is 72.4 Å². The van der Waals surface area contributed by atoms with Crippen molar-refractivity contribution in [1.29, 1.82) is 0 Å². The summed E-state index contributed by atoms with van der Waals surface area (Å²) in [5, 5.41) is 17.8. The van der Waals surface area contributed by atoms with Gasteiger partial charge in [0.05, 0.1) is 6.54 Å². The van der Waals surface area contributed by atoms with Crippen molar-refractivity contribution in [2.24, 2.45) is 0 Å². The van der Waals surface area contributed by atoms with Crippen LogP contribution in [0.5, 0.6) is 0 Å². The lowest BCUT2D eigenvalue weighted by molar-refractivity contribution is -0.136. The second-order valence-electron chi connectivity index (χ2n) is 5.35. The molecule has 1 heterocycles. The Kier molecular flexibility index (Phi) is 4.96. The third-order valence-electron chi connectivity index (χ3n) is 3.64. The van der Waals surface area contributed by atoms with Gasteiger partial charge < -0.3 is 9.67 Å². The van der Waals surface area contributed by atoms with Crippen LogP contribution in [-0.2, 0) is 11.3 Å². The molecule has 2 aromatic carbocycles. The number of aliphatic carboxylic acids is 1. The maximum Gasteiger partial charge on any atom is 0.321 e. The molecular formula is C18H17N3O2S. The molecule has 0 radical (unpaired) electrons. The molecule has 0 aliphatic rings. The first-order chi connectivity index (χ1) is 11.6. The number of nitrogens with zero attached hydrogens (tertiary/aromatic N) is 3. The van der Waals surface area contributed by atoms with E-state index in [9.17, 15) is 9.90 Å². The lowest BCUT2D eigenvalue weighted by Gasteiger charge is -2.13. The minimum Gasteiger partial charge on any atom is -0.480 e. The Morgan fingerprint density at radius 1 is 1.08 bits per heavy atom. The van der Waals surface area contributed by atoms with Crippen LogP contribution in [0, 0.1) is 6.92 Å². The highest BCUT2D eigenvalue weighted by atomic mass is 32.2. The number of benzene rings is 2. The van der Waals surface area contributed by atoms with Crippen molar-refractivity contribution in [1.82, 2.24) is 14.8 Å². The van der Waals surface area contributed by atoms with Gasteiger partial charge in [0, 0.05) is 0 Å². The summed E-state index contributed by atoms with van der Waals surface area (Å²) < 4.78 is 1.94. The standard InChI is InChI=1S/C18H17N3O2S/c1-13-19-20-18(21(13)12-14-8-4-2-5-9-14)24-16(17(22)23)15-10-6-3-7-11-15/h2-11,16H,12H2,1H3,(H,22,23)/t16-/m0/s1. The maximum atomic E-state index is 11.7. The monoisotopic (exact) mass is 339 g/mol. The Labute approximate surface area is 144 Å². The van der Waals surface area contributed by atoms with Crippen LogP contribution in [0.2, 0.25) is 0 Å². The third-order valence-corrected chi connectivity index (χ3v) is 4.86. The smallest absolute Gasteiger partial charge is 0.321 e. The summed E-state index contributed by atoms with van der Waals surface area (Å²) in [5.41, 5.74) is 1.86. The van der Waals surface area contributed by atoms with Gasteiger partial charge in [-0.3, -0.25) is 4.79 Å². The molecule has 3 aromatic rings. The number of thioether (sulfide) groups is 1. The molecule has 24 heavy (non-hydrogen) atoms. The minimum atomic E-state index is -0.891. The molecule has 0 bridgehead atoms. The predicted octanol–water partition coefficient (Wildman–Crippen LogP) is 3.55. The molecule has 0 unspecified atom stereocenters. The van der Waals surface area contributed by atoms with Gasteiger partial charge in [0.25, 0.3) is 0 Å². The highest BCUT2D eigenvalue weighted by molar-refractivity contribution is 8.00. The Morgan fingerprint density at radius 2 is 1.71 bits per heavy atom. The molecule has 0 aliphatic heterocycles. The first kappa shape index (κ1) is 16.3. The van der Waals surface area contributed by atoms with E-state index in [1.165, 1.54) is 11.8 Å². The van der Waals surface area contributed by atoms with Gasteiger partial charge in [-0.2, -0.15) is 0 Å². The van der Waals surface area contributed by atoms with Crippen LogP contribution in [0.4, 0.5) is 0 Å². The Bertz CT molecular complexity index is 819. The van der Waals surface area contributed by atoms with Gasteiger partial charge in [0.1, 0.15) is 11.1 Å². The SMILES string of the molecule is Cc1nnc(S[C@H](C(=O)O)c2ccccc2)n1Cc1ccccc1. The highest BCUT2D eigenvalue weighted by Crippen LogP contribution is 2.34. The van der Waals surface area contributed by atoms with Crippen LogP contribution in [0.3, 0.4) is 0 Å². The molecule has 0 amide bonds. The van der Waals surface area contributed by atoms with Crippen LogP contribution in [0.25, 0.3) is 0 Å². The lowest BCUT2D eigenvalue weighted by Crippen LogP contribution is -2.10. The van der Waals surface area contributed by atoms with Crippen molar-refractivity contribution in [2.45, 2.75) is 23.9 Å². The van der Waals surface area contributed by atoms with Gasteiger partial charge in [0.15, 0.2) is 5.16 Å². The number of hydrogen-bond acceptors (Lipinski definition) is 4. The van der Waals surface area contributed by atoms with Gasteiger partial charge in [-0.25, -0.2) is 0 Å². The van der Waals surface area contributed by atoms with E-state index in [0.717, 1.165) is 17.0 Å². The van der Waals surface area contributed by atoms with Crippen LogP contribution in [0.1, 0.15) is 22.2 Å². The van der Waals surface area contributed by atoms with Gasteiger partial charge in [0.2, 0.25) is 0 Å². The van der Waals surface area contributed by atoms with Crippen LogP contribution >= 0.6 is 11.8 Å². The molecule has 0 spiro atoms. The summed E-state index contributed by atoms with van der Waals surface area (Å²) in [5.74, 6) is -0.128. The second-order valence-corrected chi connectivity index (χ2v) is 6.42. The molecule has 0 fully saturated rings. The van der Waals surface area contributed by atoms with Crippen molar-refractivity contribution in [3.05, 3.63) is 77.6 Å². The van der Waals surface area contributed by atoms with Gasteiger partial charge in [-0.15, -0.1) is 10.2 Å². The van der Waals surface area contributed by atoms with E-state index >= 15 is 0 Å². The van der Waals surface area contributed by atoms with Gasteiger partial charge in [-0.05, 0) is 18.1 Å². The summed E-state index contributed by atoms with van der Waals surface area (Å²) in [6, 6.07) is 19.2. The molecule has 1 N–H and O–H groups in total. The van der Waals surface area contributed by atoms with Crippen molar-refractivity contribution >= 4 is 17.7 Å². The van der Waals surface area contributed by atoms with Crippen molar-refractivity contribution in [3.8, 4) is 0 Å². The van der Waals surface area contributed by atoms with Crippen LogP contribution < -0.4 is 0 Å². The van der Waals surface area contributed by atoms with Crippen LogP contribution in [-0.4, -0.2) is 25.8 Å². The van der Waals surface area contributed by atoms with Gasteiger partial charge >= 0.3 is 5.97 Å². The number of aryl methyl sites for hydroxylation is 1. The molecule has 6 heteroatoms. The molecule has 1 aromatic heterocycles. The minimum absolute atomic E-state index is 0.604. The fourth-order valence-corrected chi connectivity index (χ4v) is 3.41. The molecule has 0 aliphatic carbocycles. The van der Waals surface area contributed by atoms with E-state index < -0.39 is 11.2 Å². The molecule has 3 rings (SSSR count). The topological polar surface area (TPSA) is 68.0 Å². The quantitative estimate of drug-likeness (QED) is 0.696. The first-order valence-electron chi connectivity index (χ1n) is 7.53. The third kappa shape index (κ3) is 3.65. The molecule has 5 nitrogen and oxygen atoms in total. The molecular weight excluding hydrogens is 322 g/mol. The average Bonchev–Trinajstić information content (AvgIpc) is 2.94. The number of carbonyl (C=O) groups is 1. The van der Waals surface area contributed by atoms with E-state index in [2.05, 4.69) is 10.2 Å². The molecule has 0 saturated carbocycles. The summed E-state index contributed by atoms with van der Waals surface area (Å²) in [7, 11) is 0. The summed E-state index contributed by atoms with van der Waals surface area (Å²) in [4.78, 5) is 11.7. The van der Waals surface area contributed by atoms with E-state index in [4.69, 9.17) is 0 Å². The molecule has 0 saturated heterocycles. The van der Waals surface area contributed by atoms with E-state index in [1.54, 1.807) is 0 Å². The number of hydrogen-bond donors (Lipinski definition) is 1. The Morgan fingerprint density at radius 3 is 2.33 bits per heavy atom. The van der Waals surface area contributed by atoms with Crippen molar-refractivity contribution in [3.63, 3.8) is 0 Å².